The van der Waals surface area contributed by atoms with Gasteiger partial charge < -0.3 is 19.9 Å². The minimum atomic E-state index is -0.123. The van der Waals surface area contributed by atoms with Gasteiger partial charge in [-0.3, -0.25) is 0 Å². The van der Waals surface area contributed by atoms with Gasteiger partial charge in [0.2, 0.25) is 0 Å². The predicted molar refractivity (Wildman–Crippen MR) is 58.3 cm³/mol. The Morgan fingerprint density at radius 3 is 2.60 bits per heavy atom. The number of nitrogens with two attached hydrogens (primary N) is 1. The van der Waals surface area contributed by atoms with Gasteiger partial charge in [-0.15, -0.1) is 0 Å². The van der Waals surface area contributed by atoms with Crippen molar-refractivity contribution in [2.24, 2.45) is 5.73 Å². The van der Waals surface area contributed by atoms with Crippen molar-refractivity contribution in [3.8, 4) is 11.5 Å². The van der Waals surface area contributed by atoms with Crippen LogP contribution in [-0.4, -0.2) is 33.5 Å². The number of hydrogen-bond acceptors (Lipinski definition) is 4. The van der Waals surface area contributed by atoms with Gasteiger partial charge in [-0.1, -0.05) is 6.07 Å². The highest BCUT2D eigenvalue weighted by atomic mass is 16.5. The average molecular weight is 211 g/mol. The van der Waals surface area contributed by atoms with Gasteiger partial charge in [-0.2, -0.15) is 0 Å². The standard InChI is InChI=1S/C11H17NO3/c1-13-8-11(7-12)15-10-5-3-4-9(6-10)14-2/h3-6,11H,7-8,12H2,1-2H3. The first kappa shape index (κ1) is 11.8. The van der Waals surface area contributed by atoms with Crippen molar-refractivity contribution in [2.75, 3.05) is 27.4 Å². The van der Waals surface area contributed by atoms with Crippen molar-refractivity contribution in [3.63, 3.8) is 0 Å². The Morgan fingerprint density at radius 1 is 1.27 bits per heavy atom. The summed E-state index contributed by atoms with van der Waals surface area (Å²) in [5.41, 5.74) is 5.54. The van der Waals surface area contributed by atoms with E-state index in [0.29, 0.717) is 13.2 Å². The smallest absolute Gasteiger partial charge is 0.134 e. The molecular weight excluding hydrogens is 194 g/mol. The third-order valence-electron chi connectivity index (χ3n) is 1.96. The summed E-state index contributed by atoms with van der Waals surface area (Å²) < 4.78 is 15.7. The molecule has 15 heavy (non-hydrogen) atoms. The van der Waals surface area contributed by atoms with Crippen LogP contribution in [0.2, 0.25) is 0 Å². The number of benzene rings is 1. The van der Waals surface area contributed by atoms with Crippen LogP contribution < -0.4 is 15.2 Å². The fraction of sp³-hybridized carbons (Fsp3) is 0.455. The molecule has 0 radical (unpaired) electrons. The molecule has 2 N–H and O–H groups in total. The lowest BCUT2D eigenvalue weighted by molar-refractivity contribution is 0.0859. The lowest BCUT2D eigenvalue weighted by Crippen LogP contribution is -2.31. The molecule has 0 aliphatic rings. The van der Waals surface area contributed by atoms with Crippen LogP contribution >= 0.6 is 0 Å². The Hall–Kier alpha value is -1.26. The maximum Gasteiger partial charge on any atom is 0.134 e. The predicted octanol–water partition coefficient (Wildman–Crippen LogP) is 1.05. The maximum absolute atomic E-state index is 5.62. The molecule has 0 heterocycles. The molecule has 1 aromatic carbocycles. The summed E-state index contributed by atoms with van der Waals surface area (Å²) in [6.07, 6.45) is -0.123. The minimum Gasteiger partial charge on any atom is -0.497 e. The fourth-order valence-electron chi connectivity index (χ4n) is 1.20. The summed E-state index contributed by atoms with van der Waals surface area (Å²) >= 11 is 0. The molecule has 1 rings (SSSR count). The highest BCUT2D eigenvalue weighted by Crippen LogP contribution is 2.19. The number of methoxy groups -OCH3 is 2. The third kappa shape index (κ3) is 3.77. The molecule has 0 aliphatic heterocycles. The molecule has 0 saturated carbocycles. The van der Waals surface area contributed by atoms with Gasteiger partial charge >= 0.3 is 0 Å². The first-order valence-corrected chi connectivity index (χ1v) is 4.80. The molecule has 1 aromatic rings. The monoisotopic (exact) mass is 211 g/mol. The molecule has 0 saturated heterocycles. The molecule has 4 nitrogen and oxygen atoms in total. The molecule has 1 atom stereocenters. The van der Waals surface area contributed by atoms with Crippen molar-refractivity contribution in [1.82, 2.24) is 0 Å². The van der Waals surface area contributed by atoms with Crippen molar-refractivity contribution >= 4 is 0 Å². The zero-order chi connectivity index (χ0) is 11.1. The van der Waals surface area contributed by atoms with E-state index in [1.165, 1.54) is 0 Å². The molecule has 0 aromatic heterocycles. The average Bonchev–Trinajstić information content (AvgIpc) is 2.29. The van der Waals surface area contributed by atoms with Crippen LogP contribution in [0.1, 0.15) is 0 Å². The summed E-state index contributed by atoms with van der Waals surface area (Å²) in [5, 5.41) is 0. The molecule has 1 unspecified atom stereocenters. The van der Waals surface area contributed by atoms with E-state index in [9.17, 15) is 0 Å². The zero-order valence-corrected chi connectivity index (χ0v) is 9.10. The van der Waals surface area contributed by atoms with E-state index in [1.54, 1.807) is 14.2 Å². The number of ether oxygens (including phenoxy) is 3. The molecule has 0 fully saturated rings. The van der Waals surface area contributed by atoms with E-state index in [1.807, 2.05) is 24.3 Å². The Balaban J connectivity index is 2.61. The molecule has 84 valence electrons. The van der Waals surface area contributed by atoms with Crippen LogP contribution in [0, 0.1) is 0 Å². The molecule has 0 amide bonds. The van der Waals surface area contributed by atoms with Crippen molar-refractivity contribution in [3.05, 3.63) is 24.3 Å². The van der Waals surface area contributed by atoms with Crippen LogP contribution in [0.5, 0.6) is 11.5 Å². The summed E-state index contributed by atoms with van der Waals surface area (Å²) in [7, 11) is 3.24. The summed E-state index contributed by atoms with van der Waals surface area (Å²) in [4.78, 5) is 0. The van der Waals surface area contributed by atoms with Gasteiger partial charge in [-0.25, -0.2) is 0 Å². The van der Waals surface area contributed by atoms with Crippen LogP contribution in [0.25, 0.3) is 0 Å². The van der Waals surface area contributed by atoms with E-state index < -0.39 is 0 Å². The Morgan fingerprint density at radius 2 is 2.00 bits per heavy atom. The van der Waals surface area contributed by atoms with E-state index in [2.05, 4.69) is 0 Å². The number of rotatable bonds is 6. The second-order valence-electron chi connectivity index (χ2n) is 3.11. The Bertz CT molecular complexity index is 291. The quantitative estimate of drug-likeness (QED) is 0.764. The summed E-state index contributed by atoms with van der Waals surface area (Å²) in [6.45, 7) is 0.902. The lowest BCUT2D eigenvalue weighted by atomic mass is 10.3. The van der Waals surface area contributed by atoms with Crippen LogP contribution in [0.15, 0.2) is 24.3 Å². The van der Waals surface area contributed by atoms with Gasteiger partial charge in [0.05, 0.1) is 13.7 Å². The van der Waals surface area contributed by atoms with E-state index >= 15 is 0 Å². The van der Waals surface area contributed by atoms with E-state index in [4.69, 9.17) is 19.9 Å². The van der Waals surface area contributed by atoms with Crippen LogP contribution in [-0.2, 0) is 4.74 Å². The molecular formula is C11H17NO3. The van der Waals surface area contributed by atoms with Gasteiger partial charge in [-0.05, 0) is 12.1 Å². The normalized spacial score (nSPS) is 12.2. The first-order chi connectivity index (χ1) is 7.30. The Kier molecular flexibility index (Phi) is 4.93. The van der Waals surface area contributed by atoms with Gasteiger partial charge in [0.15, 0.2) is 0 Å². The SMILES string of the molecule is COCC(CN)Oc1cccc(OC)c1. The largest absolute Gasteiger partial charge is 0.497 e. The van der Waals surface area contributed by atoms with E-state index in [0.717, 1.165) is 11.5 Å². The highest BCUT2D eigenvalue weighted by molar-refractivity contribution is 5.32. The second kappa shape index (κ2) is 6.27. The van der Waals surface area contributed by atoms with Crippen LogP contribution in [0.4, 0.5) is 0 Å². The zero-order valence-electron chi connectivity index (χ0n) is 9.10. The molecule has 0 bridgehead atoms. The summed E-state index contributed by atoms with van der Waals surface area (Å²) in [5.74, 6) is 1.50. The van der Waals surface area contributed by atoms with Gasteiger partial charge in [0, 0.05) is 19.7 Å². The topological polar surface area (TPSA) is 53.7 Å². The summed E-state index contributed by atoms with van der Waals surface area (Å²) in [6, 6.07) is 7.41. The second-order valence-corrected chi connectivity index (χ2v) is 3.11. The van der Waals surface area contributed by atoms with Gasteiger partial charge in [0.1, 0.15) is 17.6 Å². The van der Waals surface area contributed by atoms with E-state index in [-0.39, 0.29) is 6.10 Å². The molecule has 0 spiro atoms. The van der Waals surface area contributed by atoms with Crippen molar-refractivity contribution < 1.29 is 14.2 Å². The lowest BCUT2D eigenvalue weighted by Gasteiger charge is -2.16. The Labute approximate surface area is 89.9 Å². The molecule has 4 heteroatoms. The molecule has 0 aliphatic carbocycles. The highest BCUT2D eigenvalue weighted by Gasteiger charge is 2.08. The number of hydrogen-bond donors (Lipinski definition) is 1. The first-order valence-electron chi connectivity index (χ1n) is 4.80. The van der Waals surface area contributed by atoms with Crippen molar-refractivity contribution in [1.29, 1.82) is 0 Å². The third-order valence-corrected chi connectivity index (χ3v) is 1.96. The minimum absolute atomic E-state index is 0.123. The van der Waals surface area contributed by atoms with Gasteiger partial charge in [0.25, 0.3) is 0 Å². The van der Waals surface area contributed by atoms with Crippen LogP contribution in [0.3, 0.4) is 0 Å². The maximum atomic E-state index is 5.62. The van der Waals surface area contributed by atoms with Crippen molar-refractivity contribution in [2.45, 2.75) is 6.10 Å². The fourth-order valence-corrected chi connectivity index (χ4v) is 1.20.